The highest BCUT2D eigenvalue weighted by Crippen LogP contribution is 2.36. The first-order chi connectivity index (χ1) is 23.0. The molecule has 4 aromatic rings. The smallest absolute Gasteiger partial charge is 0.338 e. The maximum absolute atomic E-state index is 14.3. The molecule has 0 aliphatic carbocycles. The van der Waals surface area contributed by atoms with Gasteiger partial charge in [0.15, 0.2) is 4.80 Å². The third-order valence-electron chi connectivity index (χ3n) is 7.27. The molecule has 0 saturated carbocycles. The number of ether oxygens (including phenoxy) is 4. The minimum atomic E-state index is -0.812. The third kappa shape index (κ3) is 7.76. The summed E-state index contributed by atoms with van der Waals surface area (Å²) in [6.45, 7) is 9.82. The molecular weight excluding hydrogens is 811 g/mol. The van der Waals surface area contributed by atoms with Gasteiger partial charge in [-0.3, -0.25) is 9.36 Å². The van der Waals surface area contributed by atoms with E-state index in [2.05, 4.69) is 38.5 Å². The minimum Gasteiger partial charge on any atom is -0.491 e. The van der Waals surface area contributed by atoms with Crippen LogP contribution in [0.2, 0.25) is 0 Å². The zero-order chi connectivity index (χ0) is 34.5. The molecule has 12 heteroatoms. The van der Waals surface area contributed by atoms with Crippen molar-refractivity contribution in [1.29, 1.82) is 0 Å². The van der Waals surface area contributed by atoms with Gasteiger partial charge in [-0.05, 0) is 99.2 Å². The van der Waals surface area contributed by atoms with Crippen LogP contribution in [0.1, 0.15) is 67.7 Å². The average molecular weight is 846 g/mol. The van der Waals surface area contributed by atoms with Crippen molar-refractivity contribution in [1.82, 2.24) is 4.57 Å². The van der Waals surface area contributed by atoms with Gasteiger partial charge in [-0.25, -0.2) is 14.6 Å². The van der Waals surface area contributed by atoms with Crippen LogP contribution in [0.4, 0.5) is 0 Å². The molecular formula is C36H34BrIN2O7S. The highest BCUT2D eigenvalue weighted by atomic mass is 127. The molecule has 0 saturated heterocycles. The molecule has 1 aromatic heterocycles. The standard InChI is InChI=1S/C36H34BrIN2O7S/c1-6-44-34(42)23-14-12-22(13-15-23)19-46-32-24(16-25(37)18-27(32)38)17-29-33(41)40-31(26-10-8-9-11-28(26)47-20(3)4)30(35(43)45-7-2)21(5)39-36(40)48-29/h8-18,20,31H,6-7,19H2,1-5H3/b29-17-/t31-/m1/s1. The lowest BCUT2D eigenvalue weighted by Crippen LogP contribution is -2.40. The monoisotopic (exact) mass is 844 g/mol. The molecule has 2 heterocycles. The van der Waals surface area contributed by atoms with Crippen LogP contribution in [0.25, 0.3) is 6.08 Å². The molecule has 1 aliphatic rings. The Morgan fingerprint density at radius 1 is 1.04 bits per heavy atom. The predicted octanol–water partition coefficient (Wildman–Crippen LogP) is 6.71. The number of halogens is 2. The Balaban J connectivity index is 1.60. The van der Waals surface area contributed by atoms with Crippen molar-refractivity contribution in [2.75, 3.05) is 13.2 Å². The Labute approximate surface area is 304 Å². The quantitative estimate of drug-likeness (QED) is 0.122. The van der Waals surface area contributed by atoms with Crippen molar-refractivity contribution >= 4 is 67.9 Å². The SMILES string of the molecule is CCOC(=O)C1=C(C)N=c2s/c(=C\c3cc(Br)cc(I)c3OCc3ccc(C(=O)OCC)cc3)c(=O)n2[C@@H]1c1ccccc1OC(C)C. The number of aromatic nitrogens is 1. The molecule has 0 spiro atoms. The van der Waals surface area contributed by atoms with Gasteiger partial charge in [0.2, 0.25) is 0 Å². The number of benzene rings is 3. The van der Waals surface area contributed by atoms with Crippen molar-refractivity contribution in [2.24, 2.45) is 4.99 Å². The zero-order valence-corrected chi connectivity index (χ0v) is 31.6. The van der Waals surface area contributed by atoms with E-state index in [0.717, 1.165) is 13.6 Å². The number of para-hydroxylation sites is 1. The first kappa shape index (κ1) is 35.6. The van der Waals surface area contributed by atoms with Gasteiger partial charge in [0.25, 0.3) is 5.56 Å². The number of hydrogen-bond donors (Lipinski definition) is 0. The lowest BCUT2D eigenvalue weighted by molar-refractivity contribution is -0.139. The van der Waals surface area contributed by atoms with Gasteiger partial charge in [0.1, 0.15) is 24.1 Å². The van der Waals surface area contributed by atoms with E-state index in [4.69, 9.17) is 23.9 Å². The molecule has 0 bridgehead atoms. The predicted molar refractivity (Wildman–Crippen MR) is 196 cm³/mol. The van der Waals surface area contributed by atoms with Crippen LogP contribution in [-0.2, 0) is 20.9 Å². The topological polar surface area (TPSA) is 105 Å². The number of fused-ring (bicyclic) bond motifs is 1. The Morgan fingerprint density at radius 3 is 2.42 bits per heavy atom. The Kier molecular flexibility index (Phi) is 11.6. The molecule has 5 rings (SSSR count). The normalized spacial score (nSPS) is 14.4. The van der Waals surface area contributed by atoms with E-state index in [1.54, 1.807) is 43.5 Å². The number of carbonyl (C=O) groups excluding carboxylic acids is 2. The largest absolute Gasteiger partial charge is 0.491 e. The highest BCUT2D eigenvalue weighted by molar-refractivity contribution is 14.1. The second-order valence-corrected chi connectivity index (χ2v) is 14.1. The molecule has 0 unspecified atom stereocenters. The van der Waals surface area contributed by atoms with Gasteiger partial charge < -0.3 is 18.9 Å². The Hall–Kier alpha value is -3.75. The van der Waals surface area contributed by atoms with Crippen LogP contribution in [0.15, 0.2) is 86.2 Å². The van der Waals surface area contributed by atoms with Gasteiger partial charge >= 0.3 is 11.9 Å². The van der Waals surface area contributed by atoms with E-state index in [0.29, 0.717) is 49.8 Å². The summed E-state index contributed by atoms with van der Waals surface area (Å²) in [6.07, 6.45) is 1.65. The molecule has 1 aliphatic heterocycles. The molecule has 0 fully saturated rings. The summed E-state index contributed by atoms with van der Waals surface area (Å²) >= 11 is 7.02. The molecule has 0 radical (unpaired) electrons. The summed E-state index contributed by atoms with van der Waals surface area (Å²) in [5.74, 6) is 0.245. The van der Waals surface area contributed by atoms with E-state index < -0.39 is 12.0 Å². The second kappa shape index (κ2) is 15.6. The zero-order valence-electron chi connectivity index (χ0n) is 27.0. The molecule has 0 N–H and O–H groups in total. The number of nitrogens with zero attached hydrogens (tertiary/aromatic N) is 2. The van der Waals surface area contributed by atoms with E-state index in [1.165, 1.54) is 11.3 Å². The maximum atomic E-state index is 14.3. The first-order valence-electron chi connectivity index (χ1n) is 15.4. The van der Waals surface area contributed by atoms with Gasteiger partial charge in [0, 0.05) is 15.6 Å². The summed E-state index contributed by atoms with van der Waals surface area (Å²) < 4.78 is 26.6. The summed E-state index contributed by atoms with van der Waals surface area (Å²) in [5, 5.41) is 0. The van der Waals surface area contributed by atoms with E-state index >= 15 is 0 Å². The van der Waals surface area contributed by atoms with E-state index in [9.17, 15) is 14.4 Å². The average Bonchev–Trinajstić information content (AvgIpc) is 3.34. The molecule has 0 amide bonds. The molecule has 250 valence electrons. The van der Waals surface area contributed by atoms with Gasteiger partial charge in [0.05, 0.1) is 44.3 Å². The number of carbonyl (C=O) groups is 2. The van der Waals surface area contributed by atoms with Crippen LogP contribution < -0.4 is 24.4 Å². The summed E-state index contributed by atoms with van der Waals surface area (Å²) in [6, 6.07) is 17.5. The highest BCUT2D eigenvalue weighted by Gasteiger charge is 2.35. The van der Waals surface area contributed by atoms with Crippen LogP contribution in [0.3, 0.4) is 0 Å². The third-order valence-corrected chi connectivity index (χ3v) is 9.51. The van der Waals surface area contributed by atoms with Crippen molar-refractivity contribution < 1.29 is 28.5 Å². The van der Waals surface area contributed by atoms with Crippen LogP contribution in [0, 0.1) is 3.57 Å². The molecule has 9 nitrogen and oxygen atoms in total. The van der Waals surface area contributed by atoms with Crippen molar-refractivity contribution in [2.45, 2.75) is 53.4 Å². The van der Waals surface area contributed by atoms with Gasteiger partial charge in [-0.1, -0.05) is 57.6 Å². The second-order valence-electron chi connectivity index (χ2n) is 11.0. The van der Waals surface area contributed by atoms with Crippen LogP contribution in [0.5, 0.6) is 11.5 Å². The van der Waals surface area contributed by atoms with Gasteiger partial charge in [-0.2, -0.15) is 0 Å². The van der Waals surface area contributed by atoms with Crippen molar-refractivity contribution in [3.63, 3.8) is 0 Å². The summed E-state index contributed by atoms with van der Waals surface area (Å²) in [4.78, 5) is 44.9. The maximum Gasteiger partial charge on any atom is 0.338 e. The van der Waals surface area contributed by atoms with Gasteiger partial charge in [-0.15, -0.1) is 0 Å². The minimum absolute atomic E-state index is 0.133. The lowest BCUT2D eigenvalue weighted by Gasteiger charge is -2.26. The Morgan fingerprint density at radius 2 is 1.73 bits per heavy atom. The fourth-order valence-electron chi connectivity index (χ4n) is 5.24. The molecule has 1 atom stereocenters. The fraction of sp³-hybridized carbons (Fsp3) is 0.278. The number of thiazole rings is 1. The van der Waals surface area contributed by atoms with Crippen LogP contribution >= 0.6 is 49.9 Å². The number of hydrogen-bond acceptors (Lipinski definition) is 9. The lowest BCUT2D eigenvalue weighted by atomic mass is 9.95. The molecule has 3 aromatic carbocycles. The fourth-order valence-corrected chi connectivity index (χ4v) is 7.99. The van der Waals surface area contributed by atoms with E-state index in [1.807, 2.05) is 62.4 Å². The number of rotatable bonds is 11. The van der Waals surface area contributed by atoms with Crippen molar-refractivity contribution in [3.8, 4) is 11.5 Å². The number of allylic oxidation sites excluding steroid dienone is 1. The van der Waals surface area contributed by atoms with Crippen molar-refractivity contribution in [3.05, 3.63) is 122 Å². The first-order valence-corrected chi connectivity index (χ1v) is 18.0. The summed E-state index contributed by atoms with van der Waals surface area (Å²) in [7, 11) is 0. The van der Waals surface area contributed by atoms with Crippen LogP contribution in [-0.4, -0.2) is 35.8 Å². The summed E-state index contributed by atoms with van der Waals surface area (Å²) in [5.41, 5.74) is 3.11. The van der Waals surface area contributed by atoms with E-state index in [-0.39, 0.29) is 36.4 Å². The molecule has 48 heavy (non-hydrogen) atoms. The number of esters is 2. The Bertz CT molecular complexity index is 2070.